The van der Waals surface area contributed by atoms with Gasteiger partial charge in [-0.15, -0.1) is 0 Å². The summed E-state index contributed by atoms with van der Waals surface area (Å²) >= 11 is 0. The van der Waals surface area contributed by atoms with Crippen molar-refractivity contribution in [3.8, 4) is 0 Å². The highest BCUT2D eigenvalue weighted by Crippen LogP contribution is 2.18. The molecule has 84 valence electrons. The van der Waals surface area contributed by atoms with E-state index in [1.54, 1.807) is 0 Å². The quantitative estimate of drug-likeness (QED) is 0.681. The first-order valence-electron chi connectivity index (χ1n) is 4.24. The van der Waals surface area contributed by atoms with Crippen LogP contribution in [-0.2, 0) is 10.0 Å². The highest BCUT2D eigenvalue weighted by molar-refractivity contribution is 7.89. The number of hydrogen-bond donors (Lipinski definition) is 2. The largest absolute Gasteiger partial charge is 0.421 e. The van der Waals surface area contributed by atoms with Gasteiger partial charge in [0.2, 0.25) is 10.0 Å². The Bertz CT molecular complexity index is 718. The molecule has 0 spiro atoms. The van der Waals surface area contributed by atoms with Crippen LogP contribution >= 0.6 is 0 Å². The number of hydrogen-bond acceptors (Lipinski definition) is 5. The summed E-state index contributed by atoms with van der Waals surface area (Å²) in [6.07, 6.45) is 0. The lowest BCUT2D eigenvalue weighted by molar-refractivity contribution is 0.564. The van der Waals surface area contributed by atoms with Crippen LogP contribution in [0.1, 0.15) is 0 Å². The molecule has 4 N–H and O–H groups in total. The molecule has 16 heavy (non-hydrogen) atoms. The van der Waals surface area contributed by atoms with E-state index in [0.29, 0.717) is 5.39 Å². The Hall–Kier alpha value is -1.86. The standard InChI is InChI=1S/C9H8N2O4S/c10-7-4-5-3-6(16(11,13)14)1-2-8(5)15-9(7)12/h1-4H,10H2,(H2,11,13,14). The number of anilines is 1. The number of nitrogen functional groups attached to an aromatic ring is 1. The van der Waals surface area contributed by atoms with Gasteiger partial charge in [0.05, 0.1) is 4.90 Å². The van der Waals surface area contributed by atoms with Crippen LogP contribution in [0.2, 0.25) is 0 Å². The fourth-order valence-electron chi connectivity index (χ4n) is 1.29. The molecule has 0 unspecified atom stereocenters. The van der Waals surface area contributed by atoms with Crippen molar-refractivity contribution in [1.82, 2.24) is 0 Å². The van der Waals surface area contributed by atoms with Gasteiger partial charge in [0.15, 0.2) is 0 Å². The van der Waals surface area contributed by atoms with Crippen molar-refractivity contribution in [2.75, 3.05) is 5.73 Å². The van der Waals surface area contributed by atoms with E-state index in [1.165, 1.54) is 24.3 Å². The molecule has 0 aliphatic heterocycles. The van der Waals surface area contributed by atoms with Crippen LogP contribution in [0.15, 0.2) is 38.4 Å². The van der Waals surface area contributed by atoms with Crippen molar-refractivity contribution in [2.45, 2.75) is 4.90 Å². The minimum absolute atomic E-state index is 0.0618. The number of fused-ring (bicyclic) bond motifs is 1. The van der Waals surface area contributed by atoms with Crippen LogP contribution < -0.4 is 16.5 Å². The van der Waals surface area contributed by atoms with Gasteiger partial charge in [-0.2, -0.15) is 0 Å². The van der Waals surface area contributed by atoms with Gasteiger partial charge in [-0.05, 0) is 24.3 Å². The van der Waals surface area contributed by atoms with Gasteiger partial charge in [-0.3, -0.25) is 0 Å². The minimum atomic E-state index is -3.78. The predicted octanol–water partition coefficient (Wildman–Crippen LogP) is 0.0226. The average Bonchev–Trinajstić information content (AvgIpc) is 2.17. The monoisotopic (exact) mass is 240 g/mol. The smallest absolute Gasteiger partial charge is 0.359 e. The van der Waals surface area contributed by atoms with Crippen molar-refractivity contribution in [3.63, 3.8) is 0 Å². The van der Waals surface area contributed by atoms with E-state index in [2.05, 4.69) is 0 Å². The van der Waals surface area contributed by atoms with Gasteiger partial charge in [0.1, 0.15) is 11.3 Å². The molecule has 0 aliphatic carbocycles. The molecule has 2 aromatic rings. The van der Waals surface area contributed by atoms with Crippen molar-refractivity contribution in [1.29, 1.82) is 0 Å². The van der Waals surface area contributed by atoms with E-state index in [9.17, 15) is 13.2 Å². The lowest BCUT2D eigenvalue weighted by Crippen LogP contribution is -2.12. The molecule has 1 aromatic carbocycles. The lowest BCUT2D eigenvalue weighted by Gasteiger charge is -2.01. The molecule has 0 saturated heterocycles. The topological polar surface area (TPSA) is 116 Å². The Labute approximate surface area is 90.5 Å². The van der Waals surface area contributed by atoms with Gasteiger partial charge in [-0.25, -0.2) is 18.4 Å². The lowest BCUT2D eigenvalue weighted by atomic mass is 10.2. The van der Waals surface area contributed by atoms with E-state index in [0.717, 1.165) is 0 Å². The molecule has 7 heteroatoms. The number of rotatable bonds is 1. The first kappa shape index (κ1) is 10.7. The fourth-order valence-corrected chi connectivity index (χ4v) is 1.84. The SMILES string of the molecule is Nc1cc2cc(S(N)(=O)=O)ccc2oc1=O. The van der Waals surface area contributed by atoms with Crippen molar-refractivity contribution >= 4 is 26.7 Å². The second-order valence-electron chi connectivity index (χ2n) is 3.23. The first-order chi connectivity index (χ1) is 7.38. The summed E-state index contributed by atoms with van der Waals surface area (Å²) in [5.41, 5.74) is 4.87. The van der Waals surface area contributed by atoms with Crippen LogP contribution in [0.4, 0.5) is 5.69 Å². The second-order valence-corrected chi connectivity index (χ2v) is 4.80. The van der Waals surface area contributed by atoms with E-state index < -0.39 is 15.6 Å². The van der Waals surface area contributed by atoms with Gasteiger partial charge < -0.3 is 10.2 Å². The van der Waals surface area contributed by atoms with Gasteiger partial charge in [0.25, 0.3) is 0 Å². The molecular formula is C9H8N2O4S. The zero-order valence-corrected chi connectivity index (χ0v) is 8.82. The Balaban J connectivity index is 2.82. The summed E-state index contributed by atoms with van der Waals surface area (Å²) in [6.45, 7) is 0. The Morgan fingerprint density at radius 2 is 1.88 bits per heavy atom. The molecule has 0 saturated carbocycles. The van der Waals surface area contributed by atoms with Crippen molar-refractivity contribution < 1.29 is 12.8 Å². The number of benzene rings is 1. The molecule has 0 aliphatic rings. The summed E-state index contributed by atoms with van der Waals surface area (Å²) in [4.78, 5) is 11.0. The molecule has 0 atom stereocenters. The summed E-state index contributed by atoms with van der Waals surface area (Å²) in [5.74, 6) is 0. The van der Waals surface area contributed by atoms with E-state index in [-0.39, 0.29) is 16.2 Å². The van der Waals surface area contributed by atoms with Crippen LogP contribution in [0.25, 0.3) is 11.0 Å². The van der Waals surface area contributed by atoms with Gasteiger partial charge in [-0.1, -0.05) is 0 Å². The Kier molecular flexibility index (Phi) is 2.21. The maximum Gasteiger partial charge on any atom is 0.359 e. The van der Waals surface area contributed by atoms with E-state index >= 15 is 0 Å². The highest BCUT2D eigenvalue weighted by atomic mass is 32.2. The maximum atomic E-state index is 11.1. The van der Waals surface area contributed by atoms with Crippen LogP contribution in [0, 0.1) is 0 Å². The zero-order valence-electron chi connectivity index (χ0n) is 8.01. The van der Waals surface area contributed by atoms with Crippen molar-refractivity contribution in [3.05, 3.63) is 34.7 Å². The molecular weight excluding hydrogens is 232 g/mol. The molecule has 0 bridgehead atoms. The third-order valence-corrected chi connectivity index (χ3v) is 2.97. The second kappa shape index (κ2) is 3.32. The average molecular weight is 240 g/mol. The third kappa shape index (κ3) is 1.77. The summed E-state index contributed by atoms with van der Waals surface area (Å²) in [6, 6.07) is 5.26. The van der Waals surface area contributed by atoms with E-state index in [4.69, 9.17) is 15.3 Å². The summed E-state index contributed by atoms with van der Waals surface area (Å²) in [5, 5.41) is 5.37. The number of sulfonamides is 1. The molecule has 1 aromatic heterocycles. The highest BCUT2D eigenvalue weighted by Gasteiger charge is 2.10. The Morgan fingerprint density at radius 1 is 1.19 bits per heavy atom. The molecule has 2 rings (SSSR count). The van der Waals surface area contributed by atoms with Crippen LogP contribution in [0.3, 0.4) is 0 Å². The molecule has 0 fully saturated rings. The summed E-state index contributed by atoms with van der Waals surface area (Å²) < 4.78 is 27.0. The number of nitrogens with two attached hydrogens (primary N) is 2. The minimum Gasteiger partial charge on any atom is -0.421 e. The van der Waals surface area contributed by atoms with Gasteiger partial charge in [0, 0.05) is 5.39 Å². The molecule has 6 nitrogen and oxygen atoms in total. The Morgan fingerprint density at radius 3 is 2.50 bits per heavy atom. The fraction of sp³-hybridized carbons (Fsp3) is 0. The molecule has 0 radical (unpaired) electrons. The van der Waals surface area contributed by atoms with Crippen LogP contribution in [0.5, 0.6) is 0 Å². The van der Waals surface area contributed by atoms with E-state index in [1.807, 2.05) is 0 Å². The normalized spacial score (nSPS) is 11.8. The van der Waals surface area contributed by atoms with Crippen molar-refractivity contribution in [2.24, 2.45) is 5.14 Å². The third-order valence-electron chi connectivity index (χ3n) is 2.06. The zero-order chi connectivity index (χ0) is 11.9. The first-order valence-corrected chi connectivity index (χ1v) is 5.79. The molecule has 1 heterocycles. The molecule has 0 amide bonds. The maximum absolute atomic E-state index is 11.1. The van der Waals surface area contributed by atoms with Crippen LogP contribution in [-0.4, -0.2) is 8.42 Å². The number of primary sulfonamides is 1. The summed E-state index contributed by atoms with van der Waals surface area (Å²) in [7, 11) is -3.78. The van der Waals surface area contributed by atoms with Gasteiger partial charge >= 0.3 is 5.63 Å². The predicted molar refractivity (Wildman–Crippen MR) is 58.3 cm³/mol.